The van der Waals surface area contributed by atoms with E-state index in [2.05, 4.69) is 10.1 Å². The molecule has 0 saturated carbocycles. The van der Waals surface area contributed by atoms with Crippen LogP contribution in [0.3, 0.4) is 0 Å². The van der Waals surface area contributed by atoms with E-state index in [1.165, 1.54) is 6.92 Å². The quantitative estimate of drug-likeness (QED) is 0.471. The minimum atomic E-state index is -0.937. The predicted molar refractivity (Wildman–Crippen MR) is 61.8 cm³/mol. The third kappa shape index (κ3) is 3.11. The van der Waals surface area contributed by atoms with E-state index in [0.717, 1.165) is 0 Å². The topological polar surface area (TPSA) is 111 Å². The van der Waals surface area contributed by atoms with Crippen LogP contribution in [0.2, 0.25) is 0 Å². The first kappa shape index (κ1) is 13.3. The van der Waals surface area contributed by atoms with Crippen LogP contribution in [0.5, 0.6) is 0 Å². The van der Waals surface area contributed by atoms with Crippen LogP contribution in [0.25, 0.3) is 0 Å². The molecule has 8 heteroatoms. The van der Waals surface area contributed by atoms with Gasteiger partial charge >= 0.3 is 5.56 Å². The van der Waals surface area contributed by atoms with Gasteiger partial charge in [-0.3, -0.25) is 14.6 Å². The Morgan fingerprint density at radius 3 is 2.22 bits per heavy atom. The molecule has 0 aromatic carbocycles. The summed E-state index contributed by atoms with van der Waals surface area (Å²) in [6.45, 7) is 1.41. The molecule has 0 fully saturated rings. The largest absolute Gasteiger partial charge is 0.343 e. The van der Waals surface area contributed by atoms with E-state index in [-0.39, 0.29) is 22.3 Å². The molecule has 0 aliphatic rings. The van der Waals surface area contributed by atoms with Crippen LogP contribution in [0, 0.1) is 17.0 Å². The molecule has 94 valence electrons. The highest BCUT2D eigenvalue weighted by Gasteiger charge is 2.16. The molecule has 0 amide bonds. The fourth-order valence-electron chi connectivity index (χ4n) is 1.11. The Balaban J connectivity index is 0.000000225. The summed E-state index contributed by atoms with van der Waals surface area (Å²) >= 11 is 0. The second-order valence-corrected chi connectivity index (χ2v) is 3.15. The number of pyridine rings is 1. The van der Waals surface area contributed by atoms with Crippen molar-refractivity contribution in [1.29, 1.82) is 0 Å². The highest BCUT2D eigenvalue weighted by molar-refractivity contribution is 5.75. The van der Waals surface area contributed by atoms with Crippen molar-refractivity contribution in [3.05, 3.63) is 62.3 Å². The second kappa shape index (κ2) is 6.09. The van der Waals surface area contributed by atoms with Crippen molar-refractivity contribution >= 4 is 6.29 Å². The zero-order valence-corrected chi connectivity index (χ0v) is 9.44. The molecule has 1 N–H and O–H groups in total. The van der Waals surface area contributed by atoms with E-state index in [0.29, 0.717) is 0 Å². The van der Waals surface area contributed by atoms with E-state index in [9.17, 15) is 19.7 Å². The lowest BCUT2D eigenvalue weighted by Gasteiger charge is -1.88. The monoisotopic (exact) mass is 250 g/mol. The van der Waals surface area contributed by atoms with Gasteiger partial charge in [-0.25, -0.2) is 0 Å². The Bertz CT molecular complexity index is 561. The van der Waals surface area contributed by atoms with Crippen molar-refractivity contribution in [1.82, 2.24) is 14.9 Å². The maximum Gasteiger partial charge on any atom is 0.343 e. The molecule has 2 heterocycles. The number of nitrogens with zero attached hydrogens (tertiary/aromatic N) is 3. The van der Waals surface area contributed by atoms with Crippen molar-refractivity contribution in [2.24, 2.45) is 0 Å². The van der Waals surface area contributed by atoms with E-state index in [1.54, 1.807) is 12.4 Å². The van der Waals surface area contributed by atoms with Gasteiger partial charge in [-0.15, -0.1) is 0 Å². The van der Waals surface area contributed by atoms with Gasteiger partial charge < -0.3 is 10.1 Å². The second-order valence-electron chi connectivity index (χ2n) is 3.15. The van der Waals surface area contributed by atoms with Crippen molar-refractivity contribution in [3.8, 4) is 0 Å². The van der Waals surface area contributed by atoms with Crippen molar-refractivity contribution in [2.75, 3.05) is 0 Å². The van der Waals surface area contributed by atoms with Crippen LogP contribution in [0.15, 0.2) is 35.4 Å². The highest BCUT2D eigenvalue weighted by Crippen LogP contribution is 1.93. The number of carbonyl (C=O) groups excluding carboxylic acids is 1. The molecule has 18 heavy (non-hydrogen) atoms. The molecular weight excluding hydrogens is 240 g/mol. The lowest BCUT2D eigenvalue weighted by Crippen LogP contribution is -2.25. The zero-order valence-electron chi connectivity index (χ0n) is 9.44. The number of nitro groups is 1. The Hall–Kier alpha value is -2.77. The first-order valence-electron chi connectivity index (χ1n) is 4.84. The molecule has 0 saturated heterocycles. The molecule has 8 nitrogen and oxygen atoms in total. The van der Waals surface area contributed by atoms with Crippen LogP contribution < -0.4 is 5.56 Å². The minimum absolute atomic E-state index is 0.166. The van der Waals surface area contributed by atoms with E-state index in [1.807, 2.05) is 18.2 Å². The summed E-state index contributed by atoms with van der Waals surface area (Å²) in [5.41, 5.74) is -0.967. The summed E-state index contributed by atoms with van der Waals surface area (Å²) in [5, 5.41) is 11.3. The van der Waals surface area contributed by atoms with Crippen LogP contribution in [-0.4, -0.2) is 26.2 Å². The van der Waals surface area contributed by atoms with Gasteiger partial charge in [0.15, 0.2) is 6.29 Å². The van der Waals surface area contributed by atoms with Crippen LogP contribution >= 0.6 is 0 Å². The average Bonchev–Trinajstić information content (AvgIpc) is 2.67. The molecule has 0 radical (unpaired) electrons. The molecule has 2 aromatic heterocycles. The number of H-pyrrole nitrogens is 1. The summed E-state index contributed by atoms with van der Waals surface area (Å²) in [7, 11) is 0. The van der Waals surface area contributed by atoms with E-state index < -0.39 is 10.6 Å². The third-order valence-corrected chi connectivity index (χ3v) is 1.95. The molecule has 2 aromatic rings. The van der Waals surface area contributed by atoms with Crippen LogP contribution in [0.1, 0.15) is 16.1 Å². The average molecular weight is 250 g/mol. The minimum Gasteiger partial charge on any atom is -0.339 e. The van der Waals surface area contributed by atoms with Gasteiger partial charge in [-0.05, 0) is 12.1 Å². The highest BCUT2D eigenvalue weighted by atomic mass is 16.7. The Morgan fingerprint density at radius 2 is 2.00 bits per heavy atom. The lowest BCUT2D eigenvalue weighted by molar-refractivity contribution is -0.555. The summed E-state index contributed by atoms with van der Waals surface area (Å²) in [5.74, 6) is 0. The number of aromatic amines is 1. The van der Waals surface area contributed by atoms with Crippen LogP contribution in [-0.2, 0) is 0 Å². The van der Waals surface area contributed by atoms with Crippen molar-refractivity contribution in [2.45, 2.75) is 6.92 Å². The van der Waals surface area contributed by atoms with E-state index in [4.69, 9.17) is 0 Å². The van der Waals surface area contributed by atoms with Gasteiger partial charge in [0.25, 0.3) is 0 Å². The zero-order chi connectivity index (χ0) is 13.5. The number of nitrogens with one attached hydrogen (secondary N) is 1. The third-order valence-electron chi connectivity index (χ3n) is 1.95. The first-order valence-corrected chi connectivity index (χ1v) is 4.84. The maximum absolute atomic E-state index is 10.9. The van der Waals surface area contributed by atoms with E-state index >= 15 is 0 Å². The van der Waals surface area contributed by atoms with Crippen LogP contribution in [0.4, 0.5) is 0 Å². The normalized spacial score (nSPS) is 9.17. The summed E-state index contributed by atoms with van der Waals surface area (Å²) in [4.78, 5) is 35.2. The SMILES string of the molecule is Cc1[nH]n([N+](=O)[O-])c(=O)c1C=O.c1ccncc1. The van der Waals surface area contributed by atoms with Gasteiger partial charge in [0.1, 0.15) is 11.3 Å². The summed E-state index contributed by atoms with van der Waals surface area (Å²) < 4.78 is 0. The number of hydrogen-bond donors (Lipinski definition) is 1. The number of aryl methyl sites for hydroxylation is 1. The maximum atomic E-state index is 10.9. The fourth-order valence-corrected chi connectivity index (χ4v) is 1.11. The summed E-state index contributed by atoms with van der Waals surface area (Å²) in [6, 6.07) is 5.72. The Morgan fingerprint density at radius 1 is 1.39 bits per heavy atom. The first-order chi connectivity index (χ1) is 8.57. The number of hydrogen-bond acceptors (Lipinski definition) is 5. The molecule has 0 unspecified atom stereocenters. The van der Waals surface area contributed by atoms with Gasteiger partial charge in [0.2, 0.25) is 0 Å². The number of aldehydes is 1. The standard InChI is InChI=1S/C5H5N3O4.C5H5N/c1-3-4(2-9)5(10)7(6-3)8(11)12;1-2-4-6-5-3-1/h2,6H,1H3;1-5H. The predicted octanol–water partition coefficient (Wildman–Crippen LogP) is 0.419. The fraction of sp³-hybridized carbons (Fsp3) is 0.100. The summed E-state index contributed by atoms with van der Waals surface area (Å²) in [6.07, 6.45) is 3.79. The smallest absolute Gasteiger partial charge is 0.339 e. The Labute approximate surface area is 101 Å². The number of rotatable bonds is 2. The number of carbonyl (C=O) groups is 1. The molecule has 0 atom stereocenters. The number of aromatic nitrogens is 3. The molecular formula is C10H10N4O4. The molecule has 0 aliphatic heterocycles. The van der Waals surface area contributed by atoms with Crippen molar-refractivity contribution < 1.29 is 9.83 Å². The lowest BCUT2D eigenvalue weighted by atomic mass is 10.3. The van der Waals surface area contributed by atoms with Gasteiger partial charge in [-0.1, -0.05) is 6.07 Å². The molecule has 0 spiro atoms. The van der Waals surface area contributed by atoms with Gasteiger partial charge in [0, 0.05) is 24.1 Å². The molecule has 2 rings (SSSR count). The molecule has 0 bridgehead atoms. The van der Waals surface area contributed by atoms with Crippen molar-refractivity contribution in [3.63, 3.8) is 0 Å². The van der Waals surface area contributed by atoms with Gasteiger partial charge in [-0.2, -0.15) is 5.10 Å². The Kier molecular flexibility index (Phi) is 4.50. The molecule has 0 aliphatic carbocycles. The van der Waals surface area contributed by atoms with Gasteiger partial charge in [0.05, 0.1) is 5.03 Å².